The van der Waals surface area contributed by atoms with Gasteiger partial charge < -0.3 is 10.6 Å². The minimum absolute atomic E-state index is 0.0617. The molecule has 0 aromatic heterocycles. The summed E-state index contributed by atoms with van der Waals surface area (Å²) in [7, 11) is 0. The van der Waals surface area contributed by atoms with Crippen molar-refractivity contribution < 1.29 is 14.0 Å². The van der Waals surface area contributed by atoms with Gasteiger partial charge in [-0.25, -0.2) is 4.39 Å². The number of rotatable bonds is 7. The van der Waals surface area contributed by atoms with Crippen LogP contribution in [0.1, 0.15) is 38.2 Å². The Bertz CT molecular complexity index is 796. The number of amidine groups is 1. The van der Waals surface area contributed by atoms with E-state index in [0.29, 0.717) is 18.3 Å². The van der Waals surface area contributed by atoms with Crippen LogP contribution in [-0.4, -0.2) is 52.3 Å². The van der Waals surface area contributed by atoms with Crippen molar-refractivity contribution in [2.45, 2.75) is 56.5 Å². The van der Waals surface area contributed by atoms with Crippen LogP contribution in [0.5, 0.6) is 0 Å². The van der Waals surface area contributed by atoms with Crippen LogP contribution < -0.4 is 10.6 Å². The smallest absolute Gasteiger partial charge is 0.245 e. The fourth-order valence-corrected chi connectivity index (χ4v) is 4.92. The maximum atomic E-state index is 13.0. The van der Waals surface area contributed by atoms with Crippen LogP contribution in [0.4, 0.5) is 4.39 Å². The number of amides is 2. The Morgan fingerprint density at radius 2 is 2.03 bits per heavy atom. The molecule has 156 valence electrons. The summed E-state index contributed by atoms with van der Waals surface area (Å²) in [6.45, 7) is 3.77. The monoisotopic (exact) mass is 418 g/mol. The number of nitrogens with zero attached hydrogens (tertiary/aromatic N) is 2. The molecule has 6 nitrogen and oxygen atoms in total. The lowest BCUT2D eigenvalue weighted by Gasteiger charge is -2.17. The lowest BCUT2D eigenvalue weighted by molar-refractivity contribution is -0.126. The molecule has 8 heteroatoms. The van der Waals surface area contributed by atoms with E-state index in [1.165, 1.54) is 36.7 Å². The van der Waals surface area contributed by atoms with Gasteiger partial charge in [-0.3, -0.25) is 19.5 Å². The number of halogens is 1. The fourth-order valence-electron chi connectivity index (χ4n) is 3.71. The first-order chi connectivity index (χ1) is 14.0. The van der Waals surface area contributed by atoms with Gasteiger partial charge in [0.1, 0.15) is 11.1 Å². The molecule has 0 bridgehead atoms. The number of thioether (sulfide) groups is 1. The average Bonchev–Trinajstić information content (AvgIpc) is 3.35. The highest BCUT2D eigenvalue weighted by Crippen LogP contribution is 2.33. The van der Waals surface area contributed by atoms with E-state index >= 15 is 0 Å². The molecule has 1 aliphatic carbocycles. The van der Waals surface area contributed by atoms with Gasteiger partial charge in [0.25, 0.3) is 0 Å². The fraction of sp³-hybridized carbons (Fsp3) is 0.571. The van der Waals surface area contributed by atoms with E-state index in [0.717, 1.165) is 30.9 Å². The quantitative estimate of drug-likeness (QED) is 0.713. The summed E-state index contributed by atoms with van der Waals surface area (Å²) in [5.41, 5.74) is 0.839. The van der Waals surface area contributed by atoms with Crippen molar-refractivity contribution in [2.75, 3.05) is 13.1 Å². The van der Waals surface area contributed by atoms with Crippen LogP contribution in [0.15, 0.2) is 29.3 Å². The summed E-state index contributed by atoms with van der Waals surface area (Å²) in [4.78, 5) is 31.7. The summed E-state index contributed by atoms with van der Waals surface area (Å²) >= 11 is 1.36. The van der Waals surface area contributed by atoms with E-state index in [1.54, 1.807) is 17.0 Å². The third kappa shape index (κ3) is 4.98. The highest BCUT2D eigenvalue weighted by Gasteiger charge is 2.41. The maximum Gasteiger partial charge on any atom is 0.245 e. The Morgan fingerprint density at radius 1 is 1.28 bits per heavy atom. The minimum atomic E-state index is -0.361. The number of likely N-dealkylation sites (tertiary alicyclic amines) is 1. The SMILES string of the molecule is CC1N=C(N2CCC(NCCC3CC3)C2=O)SC1C(=O)NCc1ccc(F)cc1. The number of benzene rings is 1. The topological polar surface area (TPSA) is 73.8 Å². The molecule has 1 saturated carbocycles. The van der Waals surface area contributed by atoms with Crippen molar-refractivity contribution in [3.8, 4) is 0 Å². The zero-order valence-electron chi connectivity index (χ0n) is 16.6. The van der Waals surface area contributed by atoms with Crippen LogP contribution in [0, 0.1) is 11.7 Å². The van der Waals surface area contributed by atoms with Crippen LogP contribution >= 0.6 is 11.8 Å². The van der Waals surface area contributed by atoms with Gasteiger partial charge in [0.15, 0.2) is 5.17 Å². The van der Waals surface area contributed by atoms with Crippen LogP contribution in [0.25, 0.3) is 0 Å². The molecule has 4 rings (SSSR count). The number of aliphatic imine (C=N–C) groups is 1. The lowest BCUT2D eigenvalue weighted by Crippen LogP contribution is -2.40. The lowest BCUT2D eigenvalue weighted by atomic mass is 10.2. The molecule has 2 fully saturated rings. The molecule has 1 aromatic carbocycles. The molecular formula is C21H27FN4O2S. The van der Waals surface area contributed by atoms with Gasteiger partial charge in [-0.05, 0) is 49.9 Å². The van der Waals surface area contributed by atoms with Crippen molar-refractivity contribution in [3.63, 3.8) is 0 Å². The highest BCUT2D eigenvalue weighted by atomic mass is 32.2. The molecule has 1 saturated heterocycles. The van der Waals surface area contributed by atoms with Crippen molar-refractivity contribution in [3.05, 3.63) is 35.6 Å². The second-order valence-corrected chi connectivity index (χ2v) is 9.16. The molecular weight excluding hydrogens is 391 g/mol. The van der Waals surface area contributed by atoms with Crippen molar-refractivity contribution in [1.29, 1.82) is 0 Å². The van der Waals surface area contributed by atoms with E-state index < -0.39 is 0 Å². The number of nitrogens with one attached hydrogen (secondary N) is 2. The third-order valence-corrected chi connectivity index (χ3v) is 7.10. The van der Waals surface area contributed by atoms with E-state index in [2.05, 4.69) is 15.6 Å². The number of hydrogen-bond acceptors (Lipinski definition) is 5. The van der Waals surface area contributed by atoms with Crippen molar-refractivity contribution in [1.82, 2.24) is 15.5 Å². The highest BCUT2D eigenvalue weighted by molar-refractivity contribution is 8.15. The van der Waals surface area contributed by atoms with Gasteiger partial charge in [0, 0.05) is 13.1 Å². The molecule has 3 unspecified atom stereocenters. The molecule has 2 amide bonds. The summed E-state index contributed by atoms with van der Waals surface area (Å²) in [6, 6.07) is 5.73. The van der Waals surface area contributed by atoms with E-state index in [-0.39, 0.29) is 35.0 Å². The normalized spacial score (nSPS) is 26.7. The average molecular weight is 419 g/mol. The molecule has 2 N–H and O–H groups in total. The number of carbonyl (C=O) groups excluding carboxylic acids is 2. The molecule has 3 atom stereocenters. The summed E-state index contributed by atoms with van der Waals surface area (Å²) in [6.07, 6.45) is 4.57. The molecule has 1 aromatic rings. The first-order valence-corrected chi connectivity index (χ1v) is 11.2. The zero-order valence-corrected chi connectivity index (χ0v) is 17.4. The van der Waals surface area contributed by atoms with Crippen molar-refractivity contribution >= 4 is 28.7 Å². The van der Waals surface area contributed by atoms with Gasteiger partial charge in [0.05, 0.1) is 12.1 Å². The predicted octanol–water partition coefficient (Wildman–Crippen LogP) is 2.29. The van der Waals surface area contributed by atoms with Crippen LogP contribution in [0.3, 0.4) is 0 Å². The summed E-state index contributed by atoms with van der Waals surface area (Å²) < 4.78 is 13.0. The second kappa shape index (κ2) is 8.83. The Kier molecular flexibility index (Phi) is 6.20. The third-order valence-electron chi connectivity index (χ3n) is 5.70. The first-order valence-electron chi connectivity index (χ1n) is 10.3. The Balaban J connectivity index is 1.27. The first kappa shape index (κ1) is 20.3. The predicted molar refractivity (Wildman–Crippen MR) is 112 cm³/mol. The van der Waals surface area contributed by atoms with Gasteiger partial charge >= 0.3 is 0 Å². The molecule has 3 aliphatic rings. The van der Waals surface area contributed by atoms with Crippen molar-refractivity contribution in [2.24, 2.45) is 10.9 Å². The maximum absolute atomic E-state index is 13.0. The zero-order chi connectivity index (χ0) is 20.4. The molecule has 2 heterocycles. The number of carbonyl (C=O) groups is 2. The molecule has 29 heavy (non-hydrogen) atoms. The molecule has 0 spiro atoms. The standard InChI is InChI=1S/C21H27FN4O2S/c1-13-18(19(27)24-12-15-4-6-16(22)7-5-15)29-21(25-13)26-11-9-17(20(26)28)23-10-8-14-2-3-14/h4-7,13-14,17-18,23H,2-3,8-12H2,1H3,(H,24,27). The van der Waals surface area contributed by atoms with E-state index in [4.69, 9.17) is 0 Å². The Morgan fingerprint density at radius 3 is 2.76 bits per heavy atom. The number of hydrogen-bond donors (Lipinski definition) is 2. The van der Waals surface area contributed by atoms with E-state index in [9.17, 15) is 14.0 Å². The van der Waals surface area contributed by atoms with E-state index in [1.807, 2.05) is 6.92 Å². The Hall–Kier alpha value is -1.93. The van der Waals surface area contributed by atoms with Gasteiger partial charge in [-0.1, -0.05) is 36.7 Å². The van der Waals surface area contributed by atoms with Gasteiger partial charge in [-0.2, -0.15) is 0 Å². The van der Waals surface area contributed by atoms with Gasteiger partial charge in [-0.15, -0.1) is 0 Å². The molecule has 2 aliphatic heterocycles. The summed E-state index contributed by atoms with van der Waals surface area (Å²) in [5.74, 6) is 0.497. The Labute approximate surface area is 174 Å². The van der Waals surface area contributed by atoms with Gasteiger partial charge in [0.2, 0.25) is 11.8 Å². The largest absolute Gasteiger partial charge is 0.351 e. The minimum Gasteiger partial charge on any atom is -0.351 e. The second-order valence-electron chi connectivity index (χ2n) is 8.05. The van der Waals surface area contributed by atoms with Crippen LogP contribution in [0.2, 0.25) is 0 Å². The molecule has 0 radical (unpaired) electrons. The summed E-state index contributed by atoms with van der Waals surface area (Å²) in [5, 5.41) is 6.57. The van der Waals surface area contributed by atoms with Crippen LogP contribution in [-0.2, 0) is 16.1 Å².